The van der Waals surface area contributed by atoms with Crippen LogP contribution in [0, 0.1) is 0 Å². The number of benzene rings is 2. The Bertz CT molecular complexity index is 846. The highest BCUT2D eigenvalue weighted by molar-refractivity contribution is 5.89. The second-order valence-electron chi connectivity index (χ2n) is 7.64. The number of hydrogen-bond acceptors (Lipinski definition) is 5. The first-order valence-electron chi connectivity index (χ1n) is 10.8. The second-order valence-corrected chi connectivity index (χ2v) is 7.64. The normalized spacial score (nSPS) is 14.7. The highest BCUT2D eigenvalue weighted by Gasteiger charge is 2.17. The van der Waals surface area contributed by atoms with E-state index in [4.69, 9.17) is 15.3 Å². The van der Waals surface area contributed by atoms with Crippen LogP contribution < -0.4 is 0 Å². The molecule has 0 radical (unpaired) electrons. The molecule has 3 N–H and O–H groups in total. The zero-order valence-electron chi connectivity index (χ0n) is 18.3. The van der Waals surface area contributed by atoms with Crippen molar-refractivity contribution >= 4 is 11.9 Å². The minimum atomic E-state index is -1.26. The molecule has 0 bridgehead atoms. The number of carboxylic acids is 2. The molecule has 0 spiro atoms. The van der Waals surface area contributed by atoms with Crippen LogP contribution in [-0.4, -0.2) is 76.4 Å². The lowest BCUT2D eigenvalue weighted by molar-refractivity contribution is -0.134. The van der Waals surface area contributed by atoms with Gasteiger partial charge in [-0.3, -0.25) is 4.90 Å². The molecule has 7 nitrogen and oxygen atoms in total. The molecule has 2 aromatic carbocycles. The number of piperazine rings is 1. The number of carboxylic acid groups (broad SMARTS) is 2. The van der Waals surface area contributed by atoms with E-state index in [0.717, 1.165) is 52.1 Å². The van der Waals surface area contributed by atoms with Gasteiger partial charge in [-0.05, 0) is 29.5 Å². The van der Waals surface area contributed by atoms with E-state index < -0.39 is 11.9 Å². The number of rotatable bonds is 9. The minimum absolute atomic E-state index is 0.299. The largest absolute Gasteiger partial charge is 0.478 e. The number of carbonyl (C=O) groups is 2. The van der Waals surface area contributed by atoms with Gasteiger partial charge in [0.05, 0.1) is 0 Å². The summed E-state index contributed by atoms with van der Waals surface area (Å²) in [4.78, 5) is 24.1. The van der Waals surface area contributed by atoms with E-state index >= 15 is 0 Å². The van der Waals surface area contributed by atoms with Crippen molar-refractivity contribution < 1.29 is 24.9 Å². The van der Waals surface area contributed by atoms with Crippen molar-refractivity contribution in [3.05, 3.63) is 83.4 Å². The van der Waals surface area contributed by atoms with Gasteiger partial charge in [0.25, 0.3) is 0 Å². The van der Waals surface area contributed by atoms with E-state index in [1.165, 1.54) is 16.7 Å². The third-order valence-electron chi connectivity index (χ3n) is 5.22. The smallest absolute Gasteiger partial charge is 0.328 e. The summed E-state index contributed by atoms with van der Waals surface area (Å²) >= 11 is 0. The first kappa shape index (κ1) is 25.3. The fraction of sp³-hybridized carbons (Fsp3) is 0.360. The lowest BCUT2D eigenvalue weighted by atomic mass is 9.99. The molecule has 0 unspecified atom stereocenters. The van der Waals surface area contributed by atoms with E-state index in [2.05, 4.69) is 64.4 Å². The summed E-state index contributed by atoms with van der Waals surface area (Å²) in [7, 11) is 0. The Morgan fingerprint density at radius 3 is 1.88 bits per heavy atom. The molecule has 0 saturated carbocycles. The zero-order valence-corrected chi connectivity index (χ0v) is 18.3. The van der Waals surface area contributed by atoms with Crippen LogP contribution >= 0.6 is 0 Å². The quantitative estimate of drug-likeness (QED) is 0.515. The molecule has 0 aliphatic carbocycles. The Labute approximate surface area is 189 Å². The van der Waals surface area contributed by atoms with Gasteiger partial charge in [-0.15, -0.1) is 0 Å². The van der Waals surface area contributed by atoms with E-state index in [1.807, 2.05) is 0 Å². The number of nitrogens with zero attached hydrogens (tertiary/aromatic N) is 2. The highest BCUT2D eigenvalue weighted by atomic mass is 16.4. The van der Waals surface area contributed by atoms with Crippen molar-refractivity contribution in [1.82, 2.24) is 9.80 Å². The van der Waals surface area contributed by atoms with Gasteiger partial charge >= 0.3 is 11.9 Å². The average molecular weight is 441 g/mol. The molecule has 0 atom stereocenters. The van der Waals surface area contributed by atoms with Gasteiger partial charge < -0.3 is 20.2 Å². The Hall–Kier alpha value is -3.00. The SMILES string of the molecule is O=C(O)/C=C\C(=O)O.OCCCN1CCN(Cc2ccccc2Cc2ccccc2)CC1. The maximum absolute atomic E-state index is 9.55. The summed E-state index contributed by atoms with van der Waals surface area (Å²) in [5, 5.41) is 24.6. The third-order valence-corrected chi connectivity index (χ3v) is 5.22. The van der Waals surface area contributed by atoms with Crippen LogP contribution in [0.2, 0.25) is 0 Å². The van der Waals surface area contributed by atoms with Gasteiger partial charge in [0.15, 0.2) is 0 Å². The minimum Gasteiger partial charge on any atom is -0.478 e. The summed E-state index contributed by atoms with van der Waals surface area (Å²) in [6.07, 6.45) is 3.01. The van der Waals surface area contributed by atoms with Gasteiger partial charge in [0.2, 0.25) is 0 Å². The van der Waals surface area contributed by atoms with E-state index in [9.17, 15) is 9.59 Å². The second kappa shape index (κ2) is 14.1. The standard InChI is InChI=1S/C21H28N2O.C4H4O4/c24-16-6-11-22-12-14-23(15-13-22)18-21-10-5-4-9-20(21)17-19-7-2-1-3-8-19;5-3(6)1-2-4(7)8/h1-5,7-10,24H,6,11-18H2;1-2H,(H,5,6)(H,7,8)/b;2-1-. The lowest BCUT2D eigenvalue weighted by Gasteiger charge is -2.35. The Kier molecular flexibility index (Phi) is 11.2. The predicted molar refractivity (Wildman–Crippen MR) is 124 cm³/mol. The van der Waals surface area contributed by atoms with Gasteiger partial charge in [-0.1, -0.05) is 54.6 Å². The van der Waals surface area contributed by atoms with Crippen LogP contribution in [0.1, 0.15) is 23.1 Å². The van der Waals surface area contributed by atoms with Crippen LogP contribution in [0.4, 0.5) is 0 Å². The van der Waals surface area contributed by atoms with Crippen LogP contribution in [0.3, 0.4) is 0 Å². The van der Waals surface area contributed by atoms with E-state index in [0.29, 0.717) is 18.8 Å². The first-order valence-corrected chi connectivity index (χ1v) is 10.8. The highest BCUT2D eigenvalue weighted by Crippen LogP contribution is 2.17. The van der Waals surface area contributed by atoms with E-state index in [1.54, 1.807) is 0 Å². The van der Waals surface area contributed by atoms with E-state index in [-0.39, 0.29) is 0 Å². The molecule has 1 aliphatic rings. The molecule has 1 fully saturated rings. The molecule has 0 amide bonds. The van der Waals surface area contributed by atoms with Crippen molar-refractivity contribution in [3.63, 3.8) is 0 Å². The van der Waals surface area contributed by atoms with Crippen LogP contribution in [0.15, 0.2) is 66.7 Å². The lowest BCUT2D eigenvalue weighted by Crippen LogP contribution is -2.46. The molecule has 1 aliphatic heterocycles. The molecule has 172 valence electrons. The molecule has 32 heavy (non-hydrogen) atoms. The molecule has 2 aromatic rings. The molecule has 7 heteroatoms. The van der Waals surface area contributed by atoms with Crippen molar-refractivity contribution in [2.24, 2.45) is 0 Å². The van der Waals surface area contributed by atoms with Crippen LogP contribution in [-0.2, 0) is 22.6 Å². The summed E-state index contributed by atoms with van der Waals surface area (Å²) in [6.45, 7) is 6.82. The number of aliphatic hydroxyl groups excluding tert-OH is 1. The van der Waals surface area contributed by atoms with Crippen LogP contribution in [0.5, 0.6) is 0 Å². The van der Waals surface area contributed by atoms with Gasteiger partial charge in [0, 0.05) is 58.0 Å². The maximum Gasteiger partial charge on any atom is 0.328 e. The zero-order chi connectivity index (χ0) is 23.2. The Balaban J connectivity index is 0.000000390. The van der Waals surface area contributed by atoms with Gasteiger partial charge in [0.1, 0.15) is 0 Å². The topological polar surface area (TPSA) is 101 Å². The van der Waals surface area contributed by atoms with Gasteiger partial charge in [-0.25, -0.2) is 9.59 Å². The number of aliphatic carboxylic acids is 2. The van der Waals surface area contributed by atoms with Crippen molar-refractivity contribution in [1.29, 1.82) is 0 Å². The van der Waals surface area contributed by atoms with Crippen molar-refractivity contribution in [2.75, 3.05) is 39.3 Å². The summed E-state index contributed by atoms with van der Waals surface area (Å²) < 4.78 is 0. The van der Waals surface area contributed by atoms with Crippen LogP contribution in [0.25, 0.3) is 0 Å². The monoisotopic (exact) mass is 440 g/mol. The summed E-state index contributed by atoms with van der Waals surface area (Å²) in [6, 6.07) is 19.6. The molecular weight excluding hydrogens is 408 g/mol. The average Bonchev–Trinajstić information content (AvgIpc) is 2.80. The summed E-state index contributed by atoms with van der Waals surface area (Å²) in [5.74, 6) is -2.51. The molecule has 1 heterocycles. The number of hydrogen-bond donors (Lipinski definition) is 3. The molecule has 0 aromatic heterocycles. The Morgan fingerprint density at radius 1 is 0.781 bits per heavy atom. The molecule has 3 rings (SSSR count). The van der Waals surface area contributed by atoms with Gasteiger partial charge in [-0.2, -0.15) is 0 Å². The van der Waals surface area contributed by atoms with Crippen molar-refractivity contribution in [3.8, 4) is 0 Å². The molecular formula is C25H32N2O5. The van der Waals surface area contributed by atoms with Crippen molar-refractivity contribution in [2.45, 2.75) is 19.4 Å². The predicted octanol–water partition coefficient (Wildman–Crippen LogP) is 2.49. The fourth-order valence-electron chi connectivity index (χ4n) is 3.55. The third kappa shape index (κ3) is 9.87. The summed E-state index contributed by atoms with van der Waals surface area (Å²) in [5.41, 5.74) is 4.26. The number of aliphatic hydroxyl groups is 1. The Morgan fingerprint density at radius 2 is 1.31 bits per heavy atom. The fourth-order valence-corrected chi connectivity index (χ4v) is 3.55. The maximum atomic E-state index is 9.55. The molecule has 1 saturated heterocycles. The first-order chi connectivity index (χ1) is 15.5.